The molecule has 0 saturated carbocycles. The standard InChI is InChI=1S/C13H15BBrNO3/c1-14(19)16-12(7-10(8-17)13(16)18)6-9-2-4-11(15)5-3-9/h2-5,8,10,12,19H,6-7H2,1H3/t10?,12-/m1/s1. The van der Waals surface area contributed by atoms with E-state index in [1.54, 1.807) is 6.82 Å². The van der Waals surface area contributed by atoms with Crippen LogP contribution in [0.25, 0.3) is 0 Å². The molecule has 0 aliphatic carbocycles. The highest BCUT2D eigenvalue weighted by molar-refractivity contribution is 9.10. The summed E-state index contributed by atoms with van der Waals surface area (Å²) in [6.07, 6.45) is 1.80. The quantitative estimate of drug-likeness (QED) is 0.519. The van der Waals surface area contributed by atoms with Gasteiger partial charge in [-0.15, -0.1) is 0 Å². The van der Waals surface area contributed by atoms with Gasteiger partial charge in [0.25, 0.3) is 0 Å². The molecule has 0 radical (unpaired) electrons. The summed E-state index contributed by atoms with van der Waals surface area (Å²) in [4.78, 5) is 24.3. The first kappa shape index (κ1) is 14.3. The van der Waals surface area contributed by atoms with Crippen molar-refractivity contribution in [2.45, 2.75) is 25.7 Å². The van der Waals surface area contributed by atoms with Crippen LogP contribution >= 0.6 is 15.9 Å². The SMILES string of the molecule is CB(O)N1C(=O)C(C=O)C[C@H]1Cc1ccc(Br)cc1. The van der Waals surface area contributed by atoms with Gasteiger partial charge in [0.15, 0.2) is 0 Å². The van der Waals surface area contributed by atoms with Crippen molar-refractivity contribution in [3.8, 4) is 0 Å². The van der Waals surface area contributed by atoms with Crippen LogP contribution in [0.1, 0.15) is 12.0 Å². The average molecular weight is 324 g/mol. The van der Waals surface area contributed by atoms with E-state index in [2.05, 4.69) is 15.9 Å². The molecule has 100 valence electrons. The minimum absolute atomic E-state index is 0.121. The van der Waals surface area contributed by atoms with Gasteiger partial charge in [-0.3, -0.25) is 4.79 Å². The van der Waals surface area contributed by atoms with E-state index >= 15 is 0 Å². The van der Waals surface area contributed by atoms with Gasteiger partial charge in [-0.05, 0) is 37.4 Å². The second-order valence-corrected chi connectivity index (χ2v) is 5.76. The van der Waals surface area contributed by atoms with Crippen molar-refractivity contribution in [3.63, 3.8) is 0 Å². The van der Waals surface area contributed by atoms with Crippen molar-refractivity contribution in [1.29, 1.82) is 0 Å². The van der Waals surface area contributed by atoms with Gasteiger partial charge in [-0.25, -0.2) is 0 Å². The second-order valence-electron chi connectivity index (χ2n) is 4.84. The normalized spacial score (nSPS) is 22.7. The first-order valence-corrected chi connectivity index (χ1v) is 7.02. The third kappa shape index (κ3) is 3.07. The van der Waals surface area contributed by atoms with Gasteiger partial charge in [0.05, 0.1) is 5.92 Å². The molecule has 1 heterocycles. The van der Waals surface area contributed by atoms with Gasteiger partial charge in [0, 0.05) is 10.5 Å². The summed E-state index contributed by atoms with van der Waals surface area (Å²) in [6, 6.07) is 7.71. The molecule has 0 aromatic heterocycles. The van der Waals surface area contributed by atoms with Crippen LogP contribution < -0.4 is 0 Å². The van der Waals surface area contributed by atoms with Gasteiger partial charge in [-0.1, -0.05) is 28.1 Å². The lowest BCUT2D eigenvalue weighted by Gasteiger charge is -2.25. The Morgan fingerprint density at radius 3 is 2.63 bits per heavy atom. The third-order valence-corrected chi connectivity index (χ3v) is 3.97. The summed E-state index contributed by atoms with van der Waals surface area (Å²) in [5, 5.41) is 9.71. The molecule has 1 N–H and O–H groups in total. The third-order valence-electron chi connectivity index (χ3n) is 3.44. The van der Waals surface area contributed by atoms with E-state index in [9.17, 15) is 14.6 Å². The number of hydrogen-bond acceptors (Lipinski definition) is 3. The second kappa shape index (κ2) is 5.88. The Morgan fingerprint density at radius 2 is 2.11 bits per heavy atom. The zero-order valence-electron chi connectivity index (χ0n) is 10.6. The molecule has 1 fully saturated rings. The number of amides is 1. The fourth-order valence-corrected chi connectivity index (χ4v) is 2.82. The summed E-state index contributed by atoms with van der Waals surface area (Å²) >= 11 is 3.37. The van der Waals surface area contributed by atoms with Crippen molar-refractivity contribution < 1.29 is 14.6 Å². The number of carbonyl (C=O) groups excluding carboxylic acids is 2. The lowest BCUT2D eigenvalue weighted by atomic mass is 9.83. The van der Waals surface area contributed by atoms with Crippen molar-refractivity contribution in [2.75, 3.05) is 0 Å². The maximum atomic E-state index is 12.0. The fraction of sp³-hybridized carbons (Fsp3) is 0.385. The molecule has 6 heteroatoms. The molecule has 1 amide bonds. The Hall–Kier alpha value is -1.14. The molecule has 0 spiro atoms. The van der Waals surface area contributed by atoms with E-state index in [4.69, 9.17) is 0 Å². The molecule has 1 aliphatic rings. The number of carbonyl (C=O) groups is 2. The van der Waals surface area contributed by atoms with Gasteiger partial charge < -0.3 is 14.6 Å². The van der Waals surface area contributed by atoms with Gasteiger partial charge in [0.1, 0.15) is 6.29 Å². The molecule has 1 aliphatic heterocycles. The van der Waals surface area contributed by atoms with E-state index in [1.807, 2.05) is 24.3 Å². The Labute approximate surface area is 121 Å². The molecule has 2 atom stereocenters. The Kier molecular flexibility index (Phi) is 4.42. The van der Waals surface area contributed by atoms with Crippen LogP contribution in [0.15, 0.2) is 28.7 Å². The van der Waals surface area contributed by atoms with Crippen LogP contribution in [0.3, 0.4) is 0 Å². The minimum atomic E-state index is -0.863. The first-order valence-electron chi connectivity index (χ1n) is 6.23. The molecule has 1 aromatic carbocycles. The molecule has 4 nitrogen and oxygen atoms in total. The first-order chi connectivity index (χ1) is 9.02. The minimum Gasteiger partial charge on any atom is -0.432 e. The zero-order chi connectivity index (χ0) is 14.0. The monoisotopic (exact) mass is 323 g/mol. The molecular formula is C13H15BBrNO3. The predicted molar refractivity (Wildman–Crippen MR) is 76.5 cm³/mol. The molecule has 1 aromatic rings. The maximum absolute atomic E-state index is 12.0. The number of benzene rings is 1. The fourth-order valence-electron chi connectivity index (χ4n) is 2.56. The van der Waals surface area contributed by atoms with Crippen LogP contribution in [-0.4, -0.2) is 35.1 Å². The van der Waals surface area contributed by atoms with Crippen LogP contribution in [0.4, 0.5) is 0 Å². The number of hydrogen-bond donors (Lipinski definition) is 1. The van der Waals surface area contributed by atoms with Crippen molar-refractivity contribution in [3.05, 3.63) is 34.3 Å². The number of halogens is 1. The maximum Gasteiger partial charge on any atom is 0.412 e. The van der Waals surface area contributed by atoms with Gasteiger partial charge in [0.2, 0.25) is 5.91 Å². The molecule has 2 rings (SSSR count). The Balaban J connectivity index is 2.16. The zero-order valence-corrected chi connectivity index (χ0v) is 12.2. The summed E-state index contributed by atoms with van der Waals surface area (Å²) in [6.45, 7) is 1.56. The average Bonchev–Trinajstić information content (AvgIpc) is 2.68. The molecular weight excluding hydrogens is 309 g/mol. The molecule has 0 bridgehead atoms. The topological polar surface area (TPSA) is 57.6 Å². The van der Waals surface area contributed by atoms with Crippen LogP contribution in [0.5, 0.6) is 0 Å². The summed E-state index contributed by atoms with van der Waals surface area (Å²) in [7, 11) is -0.863. The van der Waals surface area contributed by atoms with Gasteiger partial charge >= 0.3 is 7.05 Å². The highest BCUT2D eigenvalue weighted by Gasteiger charge is 2.42. The van der Waals surface area contributed by atoms with Crippen LogP contribution in [-0.2, 0) is 16.0 Å². The highest BCUT2D eigenvalue weighted by atomic mass is 79.9. The van der Waals surface area contributed by atoms with Crippen molar-refractivity contribution in [1.82, 2.24) is 4.81 Å². The van der Waals surface area contributed by atoms with E-state index < -0.39 is 13.0 Å². The Morgan fingerprint density at radius 1 is 1.47 bits per heavy atom. The summed E-state index contributed by atoms with van der Waals surface area (Å²) in [5.41, 5.74) is 1.08. The van der Waals surface area contributed by atoms with E-state index in [0.717, 1.165) is 10.0 Å². The number of rotatable bonds is 4. The number of aldehydes is 1. The molecule has 19 heavy (non-hydrogen) atoms. The largest absolute Gasteiger partial charge is 0.432 e. The van der Waals surface area contributed by atoms with Crippen LogP contribution in [0, 0.1) is 5.92 Å². The molecule has 1 unspecified atom stereocenters. The van der Waals surface area contributed by atoms with Gasteiger partial charge in [-0.2, -0.15) is 0 Å². The predicted octanol–water partition coefficient (Wildman–Crippen LogP) is 1.52. The lowest BCUT2D eigenvalue weighted by Crippen LogP contribution is -2.45. The smallest absolute Gasteiger partial charge is 0.412 e. The van der Waals surface area contributed by atoms with E-state index in [1.165, 1.54) is 4.81 Å². The number of nitrogens with zero attached hydrogens (tertiary/aromatic N) is 1. The Bertz CT molecular complexity index is 477. The van der Waals surface area contributed by atoms with Crippen molar-refractivity contribution in [2.24, 2.45) is 5.92 Å². The lowest BCUT2D eigenvalue weighted by molar-refractivity contribution is -0.131. The van der Waals surface area contributed by atoms with E-state index in [-0.39, 0.29) is 11.9 Å². The van der Waals surface area contributed by atoms with Crippen molar-refractivity contribution >= 4 is 35.2 Å². The van der Waals surface area contributed by atoms with Crippen LogP contribution in [0.2, 0.25) is 6.82 Å². The summed E-state index contributed by atoms with van der Waals surface area (Å²) < 4.78 is 0.997. The summed E-state index contributed by atoms with van der Waals surface area (Å²) in [5.74, 6) is -0.887. The van der Waals surface area contributed by atoms with E-state index in [0.29, 0.717) is 19.1 Å². The highest BCUT2D eigenvalue weighted by Crippen LogP contribution is 2.27. The molecule has 1 saturated heterocycles.